The summed E-state index contributed by atoms with van der Waals surface area (Å²) in [7, 11) is 0. The molecule has 1 aromatic rings. The van der Waals surface area contributed by atoms with Crippen molar-refractivity contribution in [3.63, 3.8) is 0 Å². The van der Waals surface area contributed by atoms with Gasteiger partial charge in [0.25, 0.3) is 6.43 Å². The van der Waals surface area contributed by atoms with Crippen LogP contribution in [0.1, 0.15) is 35.0 Å². The van der Waals surface area contributed by atoms with E-state index in [0.717, 1.165) is 6.20 Å². The quantitative estimate of drug-likeness (QED) is 0.686. The van der Waals surface area contributed by atoms with Crippen molar-refractivity contribution in [2.45, 2.75) is 18.7 Å². The number of hydrogen-bond donors (Lipinski definition) is 1. The Balaban J connectivity index is 3.32. The number of esters is 1. The van der Waals surface area contributed by atoms with Crippen LogP contribution in [-0.4, -0.2) is 17.6 Å². The summed E-state index contributed by atoms with van der Waals surface area (Å²) in [4.78, 5) is 15.4. The predicted octanol–water partition coefficient (Wildman–Crippen LogP) is 2.67. The molecule has 1 aromatic heterocycles. The van der Waals surface area contributed by atoms with Crippen LogP contribution in [0.5, 0.6) is 0 Å². The van der Waals surface area contributed by atoms with Gasteiger partial charge in [0.2, 0.25) is 0 Å². The number of hydrogen-bond acceptors (Lipinski definition) is 4. The maximum atomic E-state index is 12.6. The van der Waals surface area contributed by atoms with Crippen LogP contribution < -0.4 is 5.73 Å². The summed E-state index contributed by atoms with van der Waals surface area (Å²) in [5, 5.41) is 0.231. The molecule has 0 bridgehead atoms. The average molecular weight is 309 g/mol. The van der Waals surface area contributed by atoms with Crippen LogP contribution in [-0.2, 0) is 10.1 Å². The molecule has 1 heterocycles. The third-order valence-electron chi connectivity index (χ3n) is 2.07. The molecule has 0 aliphatic rings. The number of carbonyl (C=O) groups excluding carboxylic acids is 1. The molecule has 0 unspecified atom stereocenters. The molecule has 0 spiro atoms. The highest BCUT2D eigenvalue weighted by Gasteiger charge is 2.23. The zero-order valence-electron chi connectivity index (χ0n) is 9.04. The van der Waals surface area contributed by atoms with E-state index < -0.39 is 18.0 Å². The molecule has 4 nitrogen and oxygen atoms in total. The summed E-state index contributed by atoms with van der Waals surface area (Å²) < 4.78 is 30.0. The van der Waals surface area contributed by atoms with Crippen LogP contribution >= 0.6 is 15.9 Å². The number of anilines is 1. The molecule has 7 heteroatoms. The summed E-state index contributed by atoms with van der Waals surface area (Å²) >= 11 is 3.11. The Labute approximate surface area is 105 Å². The van der Waals surface area contributed by atoms with Crippen molar-refractivity contribution >= 4 is 27.6 Å². The van der Waals surface area contributed by atoms with Gasteiger partial charge >= 0.3 is 5.97 Å². The molecular weight excluding hydrogens is 298 g/mol. The number of halogens is 3. The van der Waals surface area contributed by atoms with Crippen molar-refractivity contribution in [1.82, 2.24) is 4.98 Å². The highest BCUT2D eigenvalue weighted by Crippen LogP contribution is 2.29. The lowest BCUT2D eigenvalue weighted by atomic mass is 10.1. The molecule has 0 amide bonds. The number of nitrogens with zero attached hydrogens (tertiary/aromatic N) is 1. The summed E-state index contributed by atoms with van der Waals surface area (Å²) in [5.41, 5.74) is 5.00. The molecule has 0 aromatic carbocycles. The van der Waals surface area contributed by atoms with Crippen LogP contribution in [0.25, 0.3) is 0 Å². The molecule has 17 heavy (non-hydrogen) atoms. The Kier molecular flexibility index (Phi) is 4.80. The second kappa shape index (κ2) is 5.90. The van der Waals surface area contributed by atoms with E-state index in [1.165, 1.54) is 0 Å². The van der Waals surface area contributed by atoms with Gasteiger partial charge < -0.3 is 10.5 Å². The van der Waals surface area contributed by atoms with E-state index in [4.69, 9.17) is 10.5 Å². The van der Waals surface area contributed by atoms with E-state index in [0.29, 0.717) is 0 Å². The second-order valence-corrected chi connectivity index (χ2v) is 3.66. The Bertz CT molecular complexity index is 427. The Morgan fingerprint density at radius 1 is 1.65 bits per heavy atom. The topological polar surface area (TPSA) is 65.2 Å². The van der Waals surface area contributed by atoms with E-state index in [1.807, 2.05) is 0 Å². The fraction of sp³-hybridized carbons (Fsp3) is 0.400. The Morgan fingerprint density at radius 3 is 2.76 bits per heavy atom. The number of pyridine rings is 1. The van der Waals surface area contributed by atoms with Crippen LogP contribution in [0.4, 0.5) is 14.5 Å². The number of aromatic nitrogens is 1. The standard InChI is InChI=1S/C10H11BrF2N2O2/c1-2-17-10(16)7-6(3-11)15-4-5(8(7)14)9(12)13/h4,9H,2-3H2,1H3,(H2,14,15). The van der Waals surface area contributed by atoms with Crippen molar-refractivity contribution in [3.05, 3.63) is 23.0 Å². The molecule has 0 saturated carbocycles. The van der Waals surface area contributed by atoms with Crippen LogP contribution in [0.3, 0.4) is 0 Å². The zero-order chi connectivity index (χ0) is 13.0. The van der Waals surface area contributed by atoms with E-state index in [2.05, 4.69) is 20.9 Å². The minimum atomic E-state index is -2.78. The van der Waals surface area contributed by atoms with Gasteiger partial charge in [-0.25, -0.2) is 13.6 Å². The first-order valence-electron chi connectivity index (χ1n) is 4.81. The summed E-state index contributed by atoms with van der Waals surface area (Å²) in [6, 6.07) is 0. The lowest BCUT2D eigenvalue weighted by Gasteiger charge is -2.12. The second-order valence-electron chi connectivity index (χ2n) is 3.10. The summed E-state index contributed by atoms with van der Waals surface area (Å²) in [6.45, 7) is 1.76. The molecular formula is C10H11BrF2N2O2. The minimum Gasteiger partial charge on any atom is -0.462 e. The normalized spacial score (nSPS) is 10.6. The van der Waals surface area contributed by atoms with E-state index in [9.17, 15) is 13.6 Å². The summed E-state index contributed by atoms with van der Waals surface area (Å²) in [5.74, 6) is -0.741. The maximum Gasteiger partial charge on any atom is 0.342 e. The number of ether oxygens (including phenoxy) is 1. The van der Waals surface area contributed by atoms with E-state index >= 15 is 0 Å². The SMILES string of the molecule is CCOC(=O)c1c(CBr)ncc(C(F)F)c1N. The third-order valence-corrected chi connectivity index (χ3v) is 2.60. The van der Waals surface area contributed by atoms with Gasteiger partial charge in [-0.3, -0.25) is 4.98 Å². The molecule has 0 saturated heterocycles. The molecule has 0 aliphatic heterocycles. The van der Waals surface area contributed by atoms with E-state index in [-0.39, 0.29) is 28.9 Å². The molecule has 2 N–H and O–H groups in total. The average Bonchev–Trinajstić information content (AvgIpc) is 2.27. The monoisotopic (exact) mass is 308 g/mol. The van der Waals surface area contributed by atoms with Crippen molar-refractivity contribution in [3.8, 4) is 0 Å². The molecule has 94 valence electrons. The number of alkyl halides is 3. The first kappa shape index (κ1) is 13.8. The van der Waals surface area contributed by atoms with Crippen molar-refractivity contribution in [2.75, 3.05) is 12.3 Å². The van der Waals surface area contributed by atoms with Gasteiger partial charge in [-0.1, -0.05) is 15.9 Å². The van der Waals surface area contributed by atoms with Crippen LogP contribution in [0, 0.1) is 0 Å². The largest absolute Gasteiger partial charge is 0.462 e. The molecule has 0 radical (unpaired) electrons. The van der Waals surface area contributed by atoms with Crippen molar-refractivity contribution in [1.29, 1.82) is 0 Å². The smallest absolute Gasteiger partial charge is 0.342 e. The lowest BCUT2D eigenvalue weighted by molar-refractivity contribution is 0.0525. The number of nitrogens with two attached hydrogens (primary N) is 1. The fourth-order valence-electron chi connectivity index (χ4n) is 1.29. The predicted molar refractivity (Wildman–Crippen MR) is 62.2 cm³/mol. The molecule has 0 fully saturated rings. The maximum absolute atomic E-state index is 12.6. The van der Waals surface area contributed by atoms with Crippen molar-refractivity contribution < 1.29 is 18.3 Å². The van der Waals surface area contributed by atoms with E-state index in [1.54, 1.807) is 6.92 Å². The lowest BCUT2D eigenvalue weighted by Crippen LogP contribution is -2.14. The van der Waals surface area contributed by atoms with Crippen molar-refractivity contribution in [2.24, 2.45) is 0 Å². The third kappa shape index (κ3) is 2.91. The molecule has 0 atom stereocenters. The first-order valence-corrected chi connectivity index (χ1v) is 5.93. The number of nitrogen functional groups attached to an aromatic ring is 1. The Morgan fingerprint density at radius 2 is 2.29 bits per heavy atom. The summed E-state index contributed by atoms with van der Waals surface area (Å²) in [6.07, 6.45) is -1.81. The van der Waals surface area contributed by atoms with Crippen LogP contribution in [0.15, 0.2) is 6.20 Å². The van der Waals surface area contributed by atoms with Gasteiger partial charge in [0, 0.05) is 11.5 Å². The van der Waals surface area contributed by atoms with Gasteiger partial charge in [0.1, 0.15) is 5.56 Å². The zero-order valence-corrected chi connectivity index (χ0v) is 10.6. The van der Waals surface area contributed by atoms with Gasteiger partial charge in [0.05, 0.1) is 23.6 Å². The van der Waals surface area contributed by atoms with Gasteiger partial charge in [-0.15, -0.1) is 0 Å². The molecule has 1 rings (SSSR count). The first-order chi connectivity index (χ1) is 8.02. The highest BCUT2D eigenvalue weighted by molar-refractivity contribution is 9.08. The number of carbonyl (C=O) groups is 1. The molecule has 0 aliphatic carbocycles. The number of rotatable bonds is 4. The van der Waals surface area contributed by atoms with Gasteiger partial charge in [-0.05, 0) is 6.92 Å². The van der Waals surface area contributed by atoms with Crippen LogP contribution in [0.2, 0.25) is 0 Å². The fourth-order valence-corrected chi connectivity index (χ4v) is 1.71. The van der Waals surface area contributed by atoms with Gasteiger partial charge in [0.15, 0.2) is 0 Å². The Hall–Kier alpha value is -1.24. The van der Waals surface area contributed by atoms with Gasteiger partial charge in [-0.2, -0.15) is 0 Å². The minimum absolute atomic E-state index is 0.0958. The highest BCUT2D eigenvalue weighted by atomic mass is 79.9.